The van der Waals surface area contributed by atoms with Gasteiger partial charge in [-0.05, 0) is 126 Å². The van der Waals surface area contributed by atoms with Gasteiger partial charge < -0.3 is 9.47 Å². The highest BCUT2D eigenvalue weighted by Gasteiger charge is 2.34. The summed E-state index contributed by atoms with van der Waals surface area (Å²) in [7, 11) is 0. The largest absolute Gasteiger partial charge is 0.352 e. The second-order valence-electron chi connectivity index (χ2n) is 11.5. The Morgan fingerprint density at radius 1 is 0.667 bits per heavy atom. The quantitative estimate of drug-likeness (QED) is 0.351. The summed E-state index contributed by atoms with van der Waals surface area (Å²) in [5.74, 6) is 4.96. The zero-order valence-corrected chi connectivity index (χ0v) is 20.7. The van der Waals surface area contributed by atoms with Gasteiger partial charge >= 0.3 is 0 Å². The molecule has 0 atom stereocenters. The van der Waals surface area contributed by atoms with Crippen LogP contribution in [-0.4, -0.2) is 19.5 Å². The van der Waals surface area contributed by atoms with Crippen molar-refractivity contribution in [2.45, 2.75) is 103 Å². The van der Waals surface area contributed by atoms with Crippen molar-refractivity contribution in [1.82, 2.24) is 0 Å². The Morgan fingerprint density at radius 2 is 1.15 bits per heavy atom. The number of ether oxygens (including phenoxy) is 2. The second-order valence-corrected chi connectivity index (χ2v) is 11.5. The Hall–Kier alpha value is -0.740. The van der Waals surface area contributed by atoms with E-state index in [1.54, 1.807) is 0 Å². The predicted octanol–water partition coefficient (Wildman–Crippen LogP) is 8.53. The molecule has 0 spiro atoms. The molecular weight excluding hydrogens is 418 g/mol. The fourth-order valence-electron chi connectivity index (χ4n) is 7.48. The summed E-state index contributed by atoms with van der Waals surface area (Å²) in [4.78, 5) is 0. The first-order chi connectivity index (χ1) is 16.1. The second kappa shape index (κ2) is 12.8. The van der Waals surface area contributed by atoms with E-state index >= 15 is 0 Å². The van der Waals surface area contributed by atoms with E-state index in [4.69, 9.17) is 9.47 Å². The fraction of sp³-hybridized carbons (Fsp3) is 0.862. The maximum Gasteiger partial charge on any atom is 0.266 e. The molecular formula is C29H46F2O2. The summed E-state index contributed by atoms with van der Waals surface area (Å²) in [5.41, 5.74) is 0. The topological polar surface area (TPSA) is 18.5 Å². The van der Waals surface area contributed by atoms with E-state index < -0.39 is 6.08 Å². The molecule has 1 heterocycles. The summed E-state index contributed by atoms with van der Waals surface area (Å²) in [6.45, 7) is 3.66. The third-order valence-electron chi connectivity index (χ3n) is 9.49. The van der Waals surface area contributed by atoms with Crippen LogP contribution in [0.1, 0.15) is 96.8 Å². The molecule has 0 unspecified atom stereocenters. The first kappa shape index (κ1) is 25.4. The molecule has 1 saturated heterocycles. The summed E-state index contributed by atoms with van der Waals surface area (Å²) < 4.78 is 36.9. The predicted molar refractivity (Wildman–Crippen MR) is 130 cm³/mol. The minimum absolute atomic E-state index is 0.0154. The van der Waals surface area contributed by atoms with Gasteiger partial charge in [-0.2, -0.15) is 8.78 Å². The highest BCUT2D eigenvalue weighted by atomic mass is 19.3. The molecule has 3 saturated carbocycles. The number of hydrogen-bond donors (Lipinski definition) is 0. The van der Waals surface area contributed by atoms with Crippen molar-refractivity contribution in [2.24, 2.45) is 41.4 Å². The van der Waals surface area contributed by atoms with Gasteiger partial charge in [-0.25, -0.2) is 0 Å². The van der Waals surface area contributed by atoms with Crippen molar-refractivity contribution in [3.8, 4) is 0 Å². The standard InChI is InChI=1S/C29H46F2O2/c1-2-3-23-19-32-29(33-20-23)17-8-21-4-9-24(10-5-21)26-13-15-27(16-14-26)25-11-6-22(7-12-25)18-28(30)31/h2-3,18,21-27,29H,4-17,19-20H2,1H3. The maximum atomic E-state index is 12.5. The molecule has 4 rings (SSSR count). The summed E-state index contributed by atoms with van der Waals surface area (Å²) in [5, 5.41) is 0. The van der Waals surface area contributed by atoms with Gasteiger partial charge in [-0.3, -0.25) is 0 Å². The summed E-state index contributed by atoms with van der Waals surface area (Å²) >= 11 is 0. The average Bonchev–Trinajstić information content (AvgIpc) is 2.84. The molecule has 0 aromatic carbocycles. The lowest BCUT2D eigenvalue weighted by atomic mass is 9.65. The zero-order chi connectivity index (χ0) is 23.0. The first-order valence-electron chi connectivity index (χ1n) is 14.0. The maximum absolute atomic E-state index is 12.5. The van der Waals surface area contributed by atoms with Gasteiger partial charge in [0.15, 0.2) is 6.29 Å². The highest BCUT2D eigenvalue weighted by Crippen LogP contribution is 2.46. The van der Waals surface area contributed by atoms with Crippen molar-refractivity contribution < 1.29 is 18.3 Å². The van der Waals surface area contributed by atoms with Gasteiger partial charge in [0.2, 0.25) is 0 Å². The first-order valence-corrected chi connectivity index (χ1v) is 14.0. The van der Waals surface area contributed by atoms with Crippen LogP contribution in [-0.2, 0) is 9.47 Å². The Bertz CT molecular complexity index is 612. The summed E-state index contributed by atoms with van der Waals surface area (Å²) in [6.07, 6.45) is 21.8. The minimum Gasteiger partial charge on any atom is -0.352 e. The lowest BCUT2D eigenvalue weighted by Crippen LogP contribution is -2.32. The van der Waals surface area contributed by atoms with Gasteiger partial charge in [0.05, 0.1) is 13.2 Å². The molecule has 0 aromatic heterocycles. The van der Waals surface area contributed by atoms with E-state index in [1.807, 2.05) is 0 Å². The van der Waals surface area contributed by atoms with Crippen LogP contribution in [0.15, 0.2) is 24.3 Å². The van der Waals surface area contributed by atoms with Crippen LogP contribution in [0.3, 0.4) is 0 Å². The van der Waals surface area contributed by atoms with Crippen LogP contribution in [0.25, 0.3) is 0 Å². The molecule has 4 heteroatoms. The normalized spacial score (nSPS) is 40.6. The van der Waals surface area contributed by atoms with Crippen molar-refractivity contribution in [3.05, 3.63) is 24.3 Å². The van der Waals surface area contributed by atoms with E-state index in [1.165, 1.54) is 76.7 Å². The third-order valence-corrected chi connectivity index (χ3v) is 9.49. The number of allylic oxidation sites excluding steroid dienone is 2. The minimum atomic E-state index is -1.48. The van der Waals surface area contributed by atoms with E-state index in [-0.39, 0.29) is 12.2 Å². The van der Waals surface area contributed by atoms with Gasteiger partial charge in [0, 0.05) is 5.92 Å². The Labute approximate surface area is 200 Å². The number of rotatable bonds is 7. The molecule has 0 aromatic rings. The Morgan fingerprint density at radius 3 is 1.64 bits per heavy atom. The molecule has 0 bridgehead atoms. The van der Waals surface area contributed by atoms with Gasteiger partial charge in [-0.15, -0.1) is 0 Å². The Kier molecular flexibility index (Phi) is 9.85. The SMILES string of the molecule is CC=CC1COC(CCC2CCC(C3CCC(C4CCC(C=C(F)F)CC4)CC3)CC2)OC1. The lowest BCUT2D eigenvalue weighted by molar-refractivity contribution is -0.197. The number of halogens is 2. The molecule has 188 valence electrons. The summed E-state index contributed by atoms with van der Waals surface area (Å²) in [6, 6.07) is 0. The smallest absolute Gasteiger partial charge is 0.266 e. The van der Waals surface area contributed by atoms with Crippen LogP contribution >= 0.6 is 0 Å². The highest BCUT2D eigenvalue weighted by molar-refractivity contribution is 4.93. The molecule has 1 aliphatic heterocycles. The van der Waals surface area contributed by atoms with Crippen LogP contribution in [0, 0.1) is 41.4 Å². The molecule has 3 aliphatic carbocycles. The van der Waals surface area contributed by atoms with Gasteiger partial charge in [0.1, 0.15) is 0 Å². The van der Waals surface area contributed by atoms with E-state index in [2.05, 4.69) is 19.1 Å². The van der Waals surface area contributed by atoms with Gasteiger partial charge in [-0.1, -0.05) is 25.0 Å². The molecule has 4 fully saturated rings. The zero-order valence-electron chi connectivity index (χ0n) is 20.7. The van der Waals surface area contributed by atoms with Gasteiger partial charge in [0.25, 0.3) is 6.08 Å². The van der Waals surface area contributed by atoms with E-state index in [0.717, 1.165) is 62.1 Å². The van der Waals surface area contributed by atoms with Crippen LogP contribution in [0.4, 0.5) is 8.78 Å². The van der Waals surface area contributed by atoms with Crippen molar-refractivity contribution >= 4 is 0 Å². The molecule has 0 N–H and O–H groups in total. The van der Waals surface area contributed by atoms with E-state index in [9.17, 15) is 8.78 Å². The fourth-order valence-corrected chi connectivity index (χ4v) is 7.48. The van der Waals surface area contributed by atoms with Crippen LogP contribution < -0.4 is 0 Å². The lowest BCUT2D eigenvalue weighted by Gasteiger charge is -2.41. The van der Waals surface area contributed by atoms with E-state index in [0.29, 0.717) is 5.92 Å². The molecule has 33 heavy (non-hydrogen) atoms. The average molecular weight is 465 g/mol. The Balaban J connectivity index is 1.09. The van der Waals surface area contributed by atoms with Crippen molar-refractivity contribution in [3.63, 3.8) is 0 Å². The van der Waals surface area contributed by atoms with Crippen LogP contribution in [0.2, 0.25) is 0 Å². The molecule has 2 nitrogen and oxygen atoms in total. The molecule has 0 amide bonds. The molecule has 0 radical (unpaired) electrons. The molecule has 4 aliphatic rings. The third kappa shape index (κ3) is 7.62. The monoisotopic (exact) mass is 464 g/mol. The number of hydrogen-bond acceptors (Lipinski definition) is 2. The van der Waals surface area contributed by atoms with Crippen molar-refractivity contribution in [2.75, 3.05) is 13.2 Å². The van der Waals surface area contributed by atoms with Crippen molar-refractivity contribution in [1.29, 1.82) is 0 Å². The van der Waals surface area contributed by atoms with Crippen LogP contribution in [0.5, 0.6) is 0 Å².